The molecule has 0 saturated heterocycles. The summed E-state index contributed by atoms with van der Waals surface area (Å²) in [5.41, 5.74) is 1.68. The van der Waals surface area contributed by atoms with Crippen molar-refractivity contribution in [3.63, 3.8) is 0 Å². The van der Waals surface area contributed by atoms with Crippen molar-refractivity contribution >= 4 is 27.5 Å². The van der Waals surface area contributed by atoms with Crippen LogP contribution in [0.5, 0.6) is 0 Å². The smallest absolute Gasteiger partial charge is 0.251 e. The van der Waals surface area contributed by atoms with E-state index in [0.717, 1.165) is 11.0 Å². The molecule has 1 amide bonds. The number of hydrogen-bond acceptors (Lipinski definition) is 3. The molecule has 4 nitrogen and oxygen atoms in total. The highest BCUT2D eigenvalue weighted by molar-refractivity contribution is 9.09. The highest BCUT2D eigenvalue weighted by atomic mass is 79.9. The highest BCUT2D eigenvalue weighted by Gasteiger charge is 2.06. The van der Waals surface area contributed by atoms with Crippen LogP contribution in [0.1, 0.15) is 10.4 Å². The molecule has 0 radical (unpaired) electrons. The summed E-state index contributed by atoms with van der Waals surface area (Å²) in [5, 5.41) is 3.64. The van der Waals surface area contributed by atoms with E-state index in [2.05, 4.69) is 21.2 Å². The van der Waals surface area contributed by atoms with Crippen molar-refractivity contribution in [2.75, 3.05) is 44.1 Å². The summed E-state index contributed by atoms with van der Waals surface area (Å²) in [6.45, 7) is 1.72. The third-order valence-corrected chi connectivity index (χ3v) is 2.70. The molecule has 0 bridgehead atoms. The normalized spacial score (nSPS) is 10.2. The van der Waals surface area contributed by atoms with E-state index in [-0.39, 0.29) is 5.91 Å². The molecule has 1 aromatic rings. The number of rotatable bonds is 7. The molecular formula is C13H19BrN2O2. The second-order valence-electron chi connectivity index (χ2n) is 4.00. The number of anilines is 1. The Morgan fingerprint density at radius 3 is 2.83 bits per heavy atom. The Labute approximate surface area is 116 Å². The van der Waals surface area contributed by atoms with E-state index >= 15 is 0 Å². The van der Waals surface area contributed by atoms with Gasteiger partial charge in [-0.05, 0) is 18.2 Å². The molecule has 0 unspecified atom stereocenters. The van der Waals surface area contributed by atoms with Gasteiger partial charge in [0.15, 0.2) is 0 Å². The second kappa shape index (κ2) is 8.11. The first-order valence-electron chi connectivity index (χ1n) is 5.84. The predicted octanol–water partition coefficient (Wildman–Crippen LogP) is 1.89. The van der Waals surface area contributed by atoms with Crippen molar-refractivity contribution in [2.45, 2.75) is 0 Å². The minimum Gasteiger partial charge on any atom is -0.379 e. The van der Waals surface area contributed by atoms with Gasteiger partial charge >= 0.3 is 0 Å². The van der Waals surface area contributed by atoms with Gasteiger partial charge in [-0.2, -0.15) is 0 Å². The lowest BCUT2D eigenvalue weighted by Crippen LogP contribution is -2.27. The van der Waals surface area contributed by atoms with Crippen molar-refractivity contribution in [2.24, 2.45) is 0 Å². The molecule has 0 saturated carbocycles. The summed E-state index contributed by atoms with van der Waals surface area (Å²) in [6, 6.07) is 7.53. The molecule has 0 aliphatic carbocycles. The standard InChI is InChI=1S/C13H19BrN2O2/c1-16(2)12-5-3-4-11(10-12)13(17)15-7-9-18-8-6-14/h3-5,10H,6-9H2,1-2H3,(H,15,17). The van der Waals surface area contributed by atoms with Gasteiger partial charge < -0.3 is 15.0 Å². The van der Waals surface area contributed by atoms with Crippen LogP contribution in [-0.2, 0) is 4.74 Å². The zero-order valence-electron chi connectivity index (χ0n) is 10.8. The zero-order valence-corrected chi connectivity index (χ0v) is 12.4. The van der Waals surface area contributed by atoms with E-state index in [9.17, 15) is 4.79 Å². The quantitative estimate of drug-likeness (QED) is 0.617. The fraction of sp³-hybridized carbons (Fsp3) is 0.462. The van der Waals surface area contributed by atoms with Gasteiger partial charge in [0.05, 0.1) is 13.2 Å². The van der Waals surface area contributed by atoms with Crippen molar-refractivity contribution in [3.8, 4) is 0 Å². The summed E-state index contributed by atoms with van der Waals surface area (Å²) in [7, 11) is 3.90. The zero-order chi connectivity index (χ0) is 13.4. The first-order valence-corrected chi connectivity index (χ1v) is 6.96. The second-order valence-corrected chi connectivity index (χ2v) is 4.80. The van der Waals surface area contributed by atoms with E-state index in [1.54, 1.807) is 0 Å². The Morgan fingerprint density at radius 2 is 2.17 bits per heavy atom. The number of ether oxygens (including phenoxy) is 1. The van der Waals surface area contributed by atoms with E-state index in [4.69, 9.17) is 4.74 Å². The summed E-state index contributed by atoms with van der Waals surface area (Å²) >= 11 is 3.27. The van der Waals surface area contributed by atoms with Gasteiger partial charge in [0.25, 0.3) is 5.91 Å². The first-order chi connectivity index (χ1) is 8.65. The average molecular weight is 315 g/mol. The SMILES string of the molecule is CN(C)c1cccc(C(=O)NCCOCCBr)c1. The van der Waals surface area contributed by atoms with Gasteiger partial charge in [0.2, 0.25) is 0 Å². The number of hydrogen-bond donors (Lipinski definition) is 1. The fourth-order valence-electron chi connectivity index (χ4n) is 1.42. The third kappa shape index (κ3) is 5.06. The van der Waals surface area contributed by atoms with Gasteiger partial charge in [-0.3, -0.25) is 4.79 Å². The van der Waals surface area contributed by atoms with Crippen molar-refractivity contribution in [3.05, 3.63) is 29.8 Å². The Hall–Kier alpha value is -1.07. The van der Waals surface area contributed by atoms with Crippen LogP contribution in [0.25, 0.3) is 0 Å². The Bertz CT molecular complexity index is 383. The third-order valence-electron chi connectivity index (χ3n) is 2.38. The van der Waals surface area contributed by atoms with Crippen molar-refractivity contribution < 1.29 is 9.53 Å². The van der Waals surface area contributed by atoms with Crippen molar-refractivity contribution in [1.82, 2.24) is 5.32 Å². The monoisotopic (exact) mass is 314 g/mol. The Kier molecular flexibility index (Phi) is 6.75. The van der Waals surface area contributed by atoms with Gasteiger partial charge in [0.1, 0.15) is 0 Å². The fourth-order valence-corrected chi connectivity index (χ4v) is 1.65. The molecule has 0 spiro atoms. The molecule has 100 valence electrons. The molecule has 0 aliphatic rings. The predicted molar refractivity (Wildman–Crippen MR) is 77.7 cm³/mol. The maximum Gasteiger partial charge on any atom is 0.251 e. The van der Waals surface area contributed by atoms with Crippen LogP contribution in [0.2, 0.25) is 0 Å². The Balaban J connectivity index is 2.44. The largest absolute Gasteiger partial charge is 0.379 e. The molecular weight excluding hydrogens is 296 g/mol. The molecule has 1 N–H and O–H groups in total. The van der Waals surface area contributed by atoms with Crippen molar-refractivity contribution in [1.29, 1.82) is 0 Å². The van der Waals surface area contributed by atoms with Gasteiger partial charge in [-0.25, -0.2) is 0 Å². The summed E-state index contributed by atoms with van der Waals surface area (Å²) in [5.74, 6) is -0.0684. The molecule has 0 aromatic heterocycles. The molecule has 0 fully saturated rings. The summed E-state index contributed by atoms with van der Waals surface area (Å²) < 4.78 is 5.26. The summed E-state index contributed by atoms with van der Waals surface area (Å²) in [6.07, 6.45) is 0. The minimum absolute atomic E-state index is 0.0684. The van der Waals surface area contributed by atoms with Crippen LogP contribution >= 0.6 is 15.9 Å². The number of halogens is 1. The number of nitrogens with zero attached hydrogens (tertiary/aromatic N) is 1. The van der Waals surface area contributed by atoms with E-state index in [1.165, 1.54) is 0 Å². The van der Waals surface area contributed by atoms with E-state index < -0.39 is 0 Å². The maximum atomic E-state index is 11.9. The van der Waals surface area contributed by atoms with Crippen LogP contribution < -0.4 is 10.2 Å². The number of benzene rings is 1. The lowest BCUT2D eigenvalue weighted by molar-refractivity contribution is 0.0924. The molecule has 0 atom stereocenters. The van der Waals surface area contributed by atoms with E-state index in [1.807, 2.05) is 43.3 Å². The molecule has 0 heterocycles. The Morgan fingerprint density at radius 1 is 1.39 bits per heavy atom. The topological polar surface area (TPSA) is 41.6 Å². The average Bonchev–Trinajstić information content (AvgIpc) is 2.38. The molecule has 5 heteroatoms. The molecule has 1 aromatic carbocycles. The van der Waals surface area contributed by atoms with Crippen LogP contribution in [-0.4, -0.2) is 45.1 Å². The van der Waals surface area contributed by atoms with Crippen LogP contribution in [0.3, 0.4) is 0 Å². The van der Waals surface area contributed by atoms with Gasteiger partial charge in [-0.15, -0.1) is 0 Å². The molecule has 18 heavy (non-hydrogen) atoms. The van der Waals surface area contributed by atoms with Crippen LogP contribution in [0.4, 0.5) is 5.69 Å². The number of nitrogens with one attached hydrogen (secondary N) is 1. The maximum absolute atomic E-state index is 11.9. The molecule has 0 aliphatic heterocycles. The minimum atomic E-state index is -0.0684. The molecule has 1 rings (SSSR count). The number of alkyl halides is 1. The number of amides is 1. The van der Waals surface area contributed by atoms with Crippen LogP contribution in [0.15, 0.2) is 24.3 Å². The van der Waals surface area contributed by atoms with Gasteiger partial charge in [-0.1, -0.05) is 22.0 Å². The lowest BCUT2D eigenvalue weighted by atomic mass is 10.2. The highest BCUT2D eigenvalue weighted by Crippen LogP contribution is 2.13. The van der Waals surface area contributed by atoms with E-state index in [0.29, 0.717) is 25.3 Å². The first kappa shape index (κ1) is 15.0. The summed E-state index contributed by atoms with van der Waals surface area (Å²) in [4.78, 5) is 13.8. The van der Waals surface area contributed by atoms with Crippen LogP contribution in [0, 0.1) is 0 Å². The number of carbonyl (C=O) groups is 1. The van der Waals surface area contributed by atoms with Gasteiger partial charge in [0, 0.05) is 37.2 Å². The lowest BCUT2D eigenvalue weighted by Gasteiger charge is -2.13. The number of carbonyl (C=O) groups excluding carboxylic acids is 1.